The van der Waals surface area contributed by atoms with Gasteiger partial charge in [0.25, 0.3) is 0 Å². The number of aryl methyl sites for hydroxylation is 1. The molecule has 1 aliphatic heterocycles. The molecule has 0 unspecified atom stereocenters. The van der Waals surface area contributed by atoms with Gasteiger partial charge in [0.05, 0.1) is 12.0 Å². The van der Waals surface area contributed by atoms with E-state index in [1.54, 1.807) is 6.33 Å². The van der Waals surface area contributed by atoms with Crippen LogP contribution in [0, 0.1) is 0 Å². The van der Waals surface area contributed by atoms with Crippen molar-refractivity contribution < 1.29 is 0 Å². The molecule has 0 aliphatic carbocycles. The van der Waals surface area contributed by atoms with Crippen molar-refractivity contribution in [3.63, 3.8) is 0 Å². The summed E-state index contributed by atoms with van der Waals surface area (Å²) in [5.74, 6) is 0. The zero-order chi connectivity index (χ0) is 10.3. The first-order valence-electron chi connectivity index (χ1n) is 5.80. The minimum atomic E-state index is 1.11. The van der Waals surface area contributed by atoms with Crippen LogP contribution < -0.4 is 0 Å². The van der Waals surface area contributed by atoms with E-state index >= 15 is 0 Å². The molecule has 82 valence electrons. The minimum Gasteiger partial charge on any atom is -0.351 e. The Kier molecular flexibility index (Phi) is 3.97. The van der Waals surface area contributed by atoms with Gasteiger partial charge >= 0.3 is 0 Å². The summed E-state index contributed by atoms with van der Waals surface area (Å²) < 4.78 is 0. The second-order valence-electron chi connectivity index (χ2n) is 4.10. The Balaban J connectivity index is 1.48. The van der Waals surface area contributed by atoms with E-state index in [1.165, 1.54) is 31.5 Å². The van der Waals surface area contributed by atoms with Crippen LogP contribution in [-0.2, 0) is 6.42 Å². The van der Waals surface area contributed by atoms with Crippen LogP contribution in [0.25, 0.3) is 0 Å². The second kappa shape index (κ2) is 5.71. The number of imidazole rings is 1. The van der Waals surface area contributed by atoms with Crippen molar-refractivity contribution in [1.29, 1.82) is 0 Å². The zero-order valence-electron chi connectivity index (χ0n) is 9.15. The fraction of sp³-hybridized carbons (Fsp3) is 0.583. The highest BCUT2D eigenvalue weighted by molar-refractivity contribution is 4.95. The van der Waals surface area contributed by atoms with E-state index in [-0.39, 0.29) is 0 Å². The summed E-state index contributed by atoms with van der Waals surface area (Å²) in [6, 6.07) is 0. The third-order valence-electron chi connectivity index (χ3n) is 2.86. The number of nitrogens with zero attached hydrogens (tertiary/aromatic N) is 2. The van der Waals surface area contributed by atoms with Crippen molar-refractivity contribution in [1.82, 2.24) is 14.9 Å². The predicted octanol–water partition coefficient (Wildman–Crippen LogP) is 1.99. The van der Waals surface area contributed by atoms with Crippen molar-refractivity contribution in [2.45, 2.75) is 25.7 Å². The normalized spacial score (nSPS) is 16.3. The Morgan fingerprint density at radius 1 is 1.20 bits per heavy atom. The lowest BCUT2D eigenvalue weighted by Gasteiger charge is -2.13. The van der Waals surface area contributed by atoms with Gasteiger partial charge in [0.15, 0.2) is 0 Å². The second-order valence-corrected chi connectivity index (χ2v) is 4.10. The molecule has 2 heterocycles. The van der Waals surface area contributed by atoms with Crippen molar-refractivity contribution in [3.8, 4) is 0 Å². The Hall–Kier alpha value is -1.09. The quantitative estimate of drug-likeness (QED) is 0.569. The Morgan fingerprint density at radius 2 is 2.07 bits per heavy atom. The molecule has 1 aromatic heterocycles. The molecule has 0 aromatic carbocycles. The first-order valence-corrected chi connectivity index (χ1v) is 5.80. The number of nitrogens with one attached hydrogen (secondary N) is 1. The molecule has 0 spiro atoms. The topological polar surface area (TPSA) is 31.9 Å². The number of unbranched alkanes of at least 4 members (excludes halogenated alkanes) is 2. The van der Waals surface area contributed by atoms with Crippen LogP contribution in [0.2, 0.25) is 0 Å². The molecule has 1 aromatic rings. The van der Waals surface area contributed by atoms with Crippen molar-refractivity contribution in [3.05, 3.63) is 30.4 Å². The molecule has 2 rings (SSSR count). The lowest BCUT2D eigenvalue weighted by molar-refractivity contribution is 0.341. The van der Waals surface area contributed by atoms with Gasteiger partial charge in [0.2, 0.25) is 0 Å². The SMILES string of the molecule is C1=CCN(CCCCCc2c[nH]cn2)C1. The molecule has 1 aliphatic rings. The van der Waals surface area contributed by atoms with Crippen molar-refractivity contribution in [2.24, 2.45) is 0 Å². The number of aromatic nitrogens is 2. The Bertz CT molecular complexity index is 282. The van der Waals surface area contributed by atoms with Crippen LogP contribution >= 0.6 is 0 Å². The molecule has 15 heavy (non-hydrogen) atoms. The van der Waals surface area contributed by atoms with Crippen LogP contribution in [0.5, 0.6) is 0 Å². The van der Waals surface area contributed by atoms with E-state index in [0.717, 1.165) is 19.5 Å². The van der Waals surface area contributed by atoms with Gasteiger partial charge < -0.3 is 4.98 Å². The largest absolute Gasteiger partial charge is 0.351 e. The molecule has 0 fully saturated rings. The summed E-state index contributed by atoms with van der Waals surface area (Å²) in [5, 5.41) is 0. The van der Waals surface area contributed by atoms with Crippen LogP contribution in [-0.4, -0.2) is 34.5 Å². The van der Waals surface area contributed by atoms with Crippen LogP contribution in [0.15, 0.2) is 24.7 Å². The summed E-state index contributed by atoms with van der Waals surface area (Å²) in [5.41, 5.74) is 1.19. The minimum absolute atomic E-state index is 1.11. The third kappa shape index (κ3) is 3.51. The first kappa shape index (κ1) is 10.4. The maximum atomic E-state index is 4.22. The first-order chi connectivity index (χ1) is 7.45. The summed E-state index contributed by atoms with van der Waals surface area (Å²) in [6.07, 6.45) is 13.2. The molecule has 0 atom stereocenters. The van der Waals surface area contributed by atoms with Crippen molar-refractivity contribution >= 4 is 0 Å². The van der Waals surface area contributed by atoms with E-state index in [2.05, 4.69) is 27.0 Å². The molecule has 0 bridgehead atoms. The van der Waals surface area contributed by atoms with E-state index in [1.807, 2.05) is 6.20 Å². The van der Waals surface area contributed by atoms with E-state index in [9.17, 15) is 0 Å². The molecule has 0 radical (unpaired) electrons. The van der Waals surface area contributed by atoms with E-state index in [4.69, 9.17) is 0 Å². The molecule has 1 N–H and O–H groups in total. The lowest BCUT2D eigenvalue weighted by Crippen LogP contribution is -2.20. The van der Waals surface area contributed by atoms with E-state index < -0.39 is 0 Å². The van der Waals surface area contributed by atoms with Gasteiger partial charge in [-0.25, -0.2) is 4.98 Å². The highest BCUT2D eigenvalue weighted by Crippen LogP contribution is 2.06. The van der Waals surface area contributed by atoms with Gasteiger partial charge in [0, 0.05) is 19.3 Å². The number of hydrogen-bond acceptors (Lipinski definition) is 2. The Labute approximate surface area is 91.2 Å². The number of rotatable bonds is 6. The molecular weight excluding hydrogens is 186 g/mol. The average molecular weight is 205 g/mol. The monoisotopic (exact) mass is 205 g/mol. The van der Waals surface area contributed by atoms with Crippen LogP contribution in [0.3, 0.4) is 0 Å². The summed E-state index contributed by atoms with van der Waals surface area (Å²) in [4.78, 5) is 9.68. The third-order valence-corrected chi connectivity index (χ3v) is 2.86. The summed E-state index contributed by atoms with van der Waals surface area (Å²) in [6.45, 7) is 3.55. The number of H-pyrrole nitrogens is 1. The van der Waals surface area contributed by atoms with Crippen molar-refractivity contribution in [2.75, 3.05) is 19.6 Å². The fourth-order valence-electron chi connectivity index (χ4n) is 1.95. The number of hydrogen-bond donors (Lipinski definition) is 1. The van der Waals surface area contributed by atoms with Gasteiger partial charge in [-0.1, -0.05) is 18.6 Å². The van der Waals surface area contributed by atoms with E-state index in [0.29, 0.717) is 0 Å². The van der Waals surface area contributed by atoms with Crippen LogP contribution in [0.4, 0.5) is 0 Å². The highest BCUT2D eigenvalue weighted by atomic mass is 15.1. The average Bonchev–Trinajstić information content (AvgIpc) is 2.88. The molecule has 3 heteroatoms. The molecule has 0 saturated heterocycles. The number of aromatic amines is 1. The lowest BCUT2D eigenvalue weighted by atomic mass is 10.1. The Morgan fingerprint density at radius 3 is 2.80 bits per heavy atom. The maximum absolute atomic E-state index is 4.22. The zero-order valence-corrected chi connectivity index (χ0v) is 9.15. The standard InChI is InChI=1S/C12H19N3/c1(2-6-12-10-13-11-14-12)3-7-15-8-4-5-9-15/h4-5,10-11H,1-3,6-9H2,(H,13,14). The fourth-order valence-corrected chi connectivity index (χ4v) is 1.95. The maximum Gasteiger partial charge on any atom is 0.0923 e. The van der Waals surface area contributed by atoms with Gasteiger partial charge in [-0.3, -0.25) is 4.90 Å². The van der Waals surface area contributed by atoms with Gasteiger partial charge in [-0.15, -0.1) is 0 Å². The smallest absolute Gasteiger partial charge is 0.0923 e. The highest BCUT2D eigenvalue weighted by Gasteiger charge is 2.04. The molecule has 0 saturated carbocycles. The van der Waals surface area contributed by atoms with Gasteiger partial charge in [0.1, 0.15) is 0 Å². The molecular formula is C12H19N3. The molecule has 3 nitrogen and oxygen atoms in total. The summed E-state index contributed by atoms with van der Waals surface area (Å²) in [7, 11) is 0. The van der Waals surface area contributed by atoms with Crippen LogP contribution in [0.1, 0.15) is 25.0 Å². The van der Waals surface area contributed by atoms with Gasteiger partial charge in [-0.2, -0.15) is 0 Å². The summed E-state index contributed by atoms with van der Waals surface area (Å²) >= 11 is 0. The molecule has 0 amide bonds. The van der Waals surface area contributed by atoms with Gasteiger partial charge in [-0.05, 0) is 25.8 Å². The predicted molar refractivity (Wildman–Crippen MR) is 61.7 cm³/mol.